The van der Waals surface area contributed by atoms with E-state index in [1.54, 1.807) is 13.0 Å². The smallest absolute Gasteiger partial charge is 0.129 e. The minimum atomic E-state index is -0.655. The molecule has 1 aliphatic rings. The lowest BCUT2D eigenvalue weighted by molar-refractivity contribution is -0.117. The van der Waals surface area contributed by atoms with Crippen LogP contribution in [0.5, 0.6) is 0 Å². The first-order valence-corrected chi connectivity index (χ1v) is 11.7. The largest absolute Gasteiger partial charge is 0.393 e. The number of aryl methyl sites for hydroxylation is 1. The average Bonchev–Trinajstić information content (AvgIpc) is 3.11. The molecule has 1 aliphatic carbocycles. The molecule has 0 bridgehead atoms. The molecular formula is C22H30Cl2O4S. The van der Waals surface area contributed by atoms with Crippen LogP contribution in [0.1, 0.15) is 51.0 Å². The molecule has 0 radical (unpaired) electrons. The van der Waals surface area contributed by atoms with Gasteiger partial charge in [0.2, 0.25) is 0 Å². The van der Waals surface area contributed by atoms with E-state index in [2.05, 4.69) is 0 Å². The van der Waals surface area contributed by atoms with Crippen LogP contribution in [0.3, 0.4) is 0 Å². The summed E-state index contributed by atoms with van der Waals surface area (Å²) in [5, 5.41) is 30.9. The molecule has 0 amide bonds. The van der Waals surface area contributed by atoms with Gasteiger partial charge in [0.25, 0.3) is 0 Å². The summed E-state index contributed by atoms with van der Waals surface area (Å²) in [4.78, 5) is 11.0. The monoisotopic (exact) mass is 460 g/mol. The number of carbonyl (C=O) groups excluding carboxylic acids is 1. The SMILES string of the molecule is CC(=O)CCC/C=C\CC1C(O)CC(O)C1/C=C/C(O)CCc1cc(Cl)sc1Cl. The standard InChI is InChI=1S/C22H30Cl2O4S/c1-14(25)6-4-2-3-5-7-17-18(20(28)13-19(17)27)11-10-16(26)9-8-15-12-21(23)29-22(15)24/h3,5,10-12,16-20,26-28H,2,4,6-9,13H2,1H3/b5-3-,11-10+. The fraction of sp³-hybridized carbons (Fsp3) is 0.591. The number of ketones is 1. The van der Waals surface area contributed by atoms with Crippen LogP contribution in [-0.2, 0) is 11.2 Å². The number of allylic oxidation sites excluding steroid dienone is 2. The topological polar surface area (TPSA) is 77.8 Å². The van der Waals surface area contributed by atoms with Crippen molar-refractivity contribution in [3.63, 3.8) is 0 Å². The Balaban J connectivity index is 1.84. The van der Waals surface area contributed by atoms with Crippen molar-refractivity contribution in [3.05, 3.63) is 44.6 Å². The van der Waals surface area contributed by atoms with Gasteiger partial charge in [0.15, 0.2) is 0 Å². The van der Waals surface area contributed by atoms with Gasteiger partial charge in [-0.1, -0.05) is 47.5 Å². The fourth-order valence-electron chi connectivity index (χ4n) is 3.75. The second kappa shape index (κ2) is 12.2. The van der Waals surface area contributed by atoms with Crippen LogP contribution in [0, 0.1) is 11.8 Å². The lowest BCUT2D eigenvalue weighted by atomic mass is 9.89. The highest BCUT2D eigenvalue weighted by Gasteiger charge is 2.39. The molecular weight excluding hydrogens is 431 g/mol. The van der Waals surface area contributed by atoms with Crippen molar-refractivity contribution in [2.45, 2.75) is 70.2 Å². The summed E-state index contributed by atoms with van der Waals surface area (Å²) in [6, 6.07) is 1.82. The highest BCUT2D eigenvalue weighted by Crippen LogP contribution is 2.36. The van der Waals surface area contributed by atoms with E-state index in [1.165, 1.54) is 11.3 Å². The van der Waals surface area contributed by atoms with E-state index in [0.717, 1.165) is 18.4 Å². The van der Waals surface area contributed by atoms with Crippen molar-refractivity contribution in [1.29, 1.82) is 0 Å². The Kier molecular flexibility index (Phi) is 10.4. The number of Topliss-reactive ketones (excluding diaryl/α,β-unsaturated/α-hetero) is 1. The van der Waals surface area contributed by atoms with Crippen LogP contribution in [-0.4, -0.2) is 39.4 Å². The quantitative estimate of drug-likeness (QED) is 0.321. The van der Waals surface area contributed by atoms with E-state index >= 15 is 0 Å². The number of aliphatic hydroxyl groups excluding tert-OH is 3. The summed E-state index contributed by atoms with van der Waals surface area (Å²) < 4.78 is 1.28. The number of hydrogen-bond donors (Lipinski definition) is 3. The Morgan fingerprint density at radius 2 is 2.07 bits per heavy atom. The van der Waals surface area contributed by atoms with Gasteiger partial charge in [0.1, 0.15) is 5.78 Å². The van der Waals surface area contributed by atoms with Crippen LogP contribution in [0.2, 0.25) is 8.67 Å². The Labute approximate surface area is 186 Å². The molecule has 1 heterocycles. The Morgan fingerprint density at radius 1 is 1.31 bits per heavy atom. The number of aliphatic hydroxyl groups is 3. The summed E-state index contributed by atoms with van der Waals surface area (Å²) in [6.45, 7) is 1.59. The second-order valence-electron chi connectivity index (χ2n) is 7.75. The summed E-state index contributed by atoms with van der Waals surface area (Å²) >= 11 is 13.4. The van der Waals surface area contributed by atoms with Gasteiger partial charge in [-0.05, 0) is 56.6 Å². The van der Waals surface area contributed by atoms with Crippen molar-refractivity contribution in [2.75, 3.05) is 0 Å². The molecule has 2 rings (SSSR count). The molecule has 0 aliphatic heterocycles. The molecule has 5 atom stereocenters. The normalized spacial score (nSPS) is 26.0. The number of unbranched alkanes of at least 4 members (excludes halogenated alkanes) is 1. The minimum Gasteiger partial charge on any atom is -0.393 e. The van der Waals surface area contributed by atoms with Gasteiger partial charge in [-0.15, -0.1) is 11.3 Å². The van der Waals surface area contributed by atoms with Crippen molar-refractivity contribution >= 4 is 40.3 Å². The second-order valence-corrected chi connectivity index (χ2v) is 10.0. The fourth-order valence-corrected chi connectivity index (χ4v) is 5.29. The average molecular weight is 461 g/mol. The van der Waals surface area contributed by atoms with Gasteiger partial charge in [-0.2, -0.15) is 0 Å². The molecule has 7 heteroatoms. The van der Waals surface area contributed by atoms with Gasteiger partial charge in [-0.25, -0.2) is 0 Å². The molecule has 0 aromatic carbocycles. The third-order valence-electron chi connectivity index (χ3n) is 5.38. The third-order valence-corrected chi connectivity index (χ3v) is 6.95. The van der Waals surface area contributed by atoms with E-state index in [0.29, 0.717) is 40.8 Å². The van der Waals surface area contributed by atoms with Crippen LogP contribution in [0.4, 0.5) is 0 Å². The van der Waals surface area contributed by atoms with E-state index in [9.17, 15) is 20.1 Å². The molecule has 1 aromatic heterocycles. The lowest BCUT2D eigenvalue weighted by Crippen LogP contribution is -2.20. The molecule has 29 heavy (non-hydrogen) atoms. The summed E-state index contributed by atoms with van der Waals surface area (Å²) in [5.74, 6) is -0.0794. The minimum absolute atomic E-state index is 0.0809. The van der Waals surface area contributed by atoms with Gasteiger partial charge in [0.05, 0.1) is 27.0 Å². The molecule has 0 saturated heterocycles. The maximum absolute atomic E-state index is 11.0. The van der Waals surface area contributed by atoms with Crippen LogP contribution < -0.4 is 0 Å². The predicted molar refractivity (Wildman–Crippen MR) is 120 cm³/mol. The first kappa shape index (κ1) is 24.6. The maximum Gasteiger partial charge on any atom is 0.129 e. The molecule has 0 spiro atoms. The Hall–Kier alpha value is -0.690. The number of thiophene rings is 1. The highest BCUT2D eigenvalue weighted by atomic mass is 35.5. The van der Waals surface area contributed by atoms with Crippen LogP contribution >= 0.6 is 34.5 Å². The first-order valence-electron chi connectivity index (χ1n) is 10.1. The highest BCUT2D eigenvalue weighted by molar-refractivity contribution is 7.20. The summed E-state index contributed by atoms with van der Waals surface area (Å²) in [6.07, 6.45) is 10.1. The summed E-state index contributed by atoms with van der Waals surface area (Å²) in [7, 11) is 0. The van der Waals surface area contributed by atoms with E-state index in [-0.39, 0.29) is 17.6 Å². The van der Waals surface area contributed by atoms with E-state index in [1.807, 2.05) is 24.3 Å². The number of carbonyl (C=O) groups is 1. The number of halogens is 2. The van der Waals surface area contributed by atoms with Gasteiger partial charge >= 0.3 is 0 Å². The zero-order valence-corrected chi connectivity index (χ0v) is 19.0. The van der Waals surface area contributed by atoms with E-state index in [4.69, 9.17) is 23.2 Å². The molecule has 1 saturated carbocycles. The van der Waals surface area contributed by atoms with Crippen LogP contribution in [0.15, 0.2) is 30.4 Å². The third kappa shape index (κ3) is 8.16. The zero-order valence-electron chi connectivity index (χ0n) is 16.6. The van der Waals surface area contributed by atoms with Gasteiger partial charge in [0, 0.05) is 18.8 Å². The number of hydrogen-bond acceptors (Lipinski definition) is 5. The molecule has 5 unspecified atom stereocenters. The predicted octanol–water partition coefficient (Wildman–Crippen LogP) is 4.97. The summed E-state index contributed by atoms with van der Waals surface area (Å²) in [5.41, 5.74) is 0.929. The van der Waals surface area contributed by atoms with Crippen molar-refractivity contribution in [2.24, 2.45) is 11.8 Å². The first-order chi connectivity index (χ1) is 13.8. The Morgan fingerprint density at radius 3 is 2.72 bits per heavy atom. The molecule has 4 nitrogen and oxygen atoms in total. The maximum atomic E-state index is 11.0. The molecule has 1 aromatic rings. The van der Waals surface area contributed by atoms with E-state index < -0.39 is 18.3 Å². The van der Waals surface area contributed by atoms with Gasteiger partial charge < -0.3 is 20.1 Å². The molecule has 3 N–H and O–H groups in total. The number of rotatable bonds is 11. The van der Waals surface area contributed by atoms with Crippen LogP contribution in [0.25, 0.3) is 0 Å². The lowest BCUT2D eigenvalue weighted by Gasteiger charge is -2.19. The zero-order chi connectivity index (χ0) is 21.4. The van der Waals surface area contributed by atoms with Crippen molar-refractivity contribution in [3.8, 4) is 0 Å². The Bertz CT molecular complexity index is 716. The van der Waals surface area contributed by atoms with Crippen molar-refractivity contribution in [1.82, 2.24) is 0 Å². The van der Waals surface area contributed by atoms with Gasteiger partial charge in [-0.3, -0.25) is 0 Å². The van der Waals surface area contributed by atoms with Crippen molar-refractivity contribution < 1.29 is 20.1 Å². The molecule has 162 valence electrons. The molecule has 1 fully saturated rings.